The lowest BCUT2D eigenvalue weighted by Crippen LogP contribution is -2.35. The Morgan fingerprint density at radius 2 is 1.56 bits per heavy atom. The van der Waals surface area contributed by atoms with Crippen LogP contribution in [0.25, 0.3) is 0 Å². The largest absolute Gasteiger partial charge is 0.481 e. The molecule has 1 N–H and O–H groups in total. The summed E-state index contributed by atoms with van der Waals surface area (Å²) in [5, 5.41) is 2.78. The van der Waals surface area contributed by atoms with E-state index in [1.807, 2.05) is 6.07 Å². The van der Waals surface area contributed by atoms with Crippen LogP contribution in [0.2, 0.25) is 0 Å². The maximum Gasteiger partial charge on any atom is 0.261 e. The highest BCUT2D eigenvalue weighted by Gasteiger charge is 2.15. The molecule has 0 unspecified atom stereocenters. The molecule has 0 saturated carbocycles. The number of amides is 1. The predicted molar refractivity (Wildman–Crippen MR) is 94.8 cm³/mol. The Bertz CT molecular complexity index is 798. The van der Waals surface area contributed by atoms with Crippen molar-refractivity contribution in [2.24, 2.45) is 0 Å². The van der Waals surface area contributed by atoms with Crippen molar-refractivity contribution in [2.45, 2.75) is 33.4 Å². The maximum atomic E-state index is 12.2. The van der Waals surface area contributed by atoms with E-state index in [9.17, 15) is 14.4 Å². The monoisotopic (exact) mass is 339 g/mol. The second-order valence-corrected chi connectivity index (χ2v) is 5.82. The molecule has 0 aliphatic heterocycles. The normalized spacial score (nSPS) is 11.5. The summed E-state index contributed by atoms with van der Waals surface area (Å²) < 4.78 is 5.60. The zero-order chi connectivity index (χ0) is 18.4. The van der Waals surface area contributed by atoms with Crippen molar-refractivity contribution in [3.63, 3.8) is 0 Å². The van der Waals surface area contributed by atoms with E-state index in [1.54, 1.807) is 49.4 Å². The first-order valence-electron chi connectivity index (χ1n) is 8.02. The van der Waals surface area contributed by atoms with E-state index in [4.69, 9.17) is 4.74 Å². The van der Waals surface area contributed by atoms with Crippen LogP contribution in [-0.2, 0) is 11.3 Å². The molecule has 25 heavy (non-hydrogen) atoms. The molecule has 2 aromatic carbocycles. The topological polar surface area (TPSA) is 72.5 Å². The lowest BCUT2D eigenvalue weighted by molar-refractivity contribution is -0.127. The fraction of sp³-hybridized carbons (Fsp3) is 0.250. The summed E-state index contributed by atoms with van der Waals surface area (Å²) in [5.41, 5.74) is 1.98. The summed E-state index contributed by atoms with van der Waals surface area (Å²) in [6, 6.07) is 13.8. The van der Waals surface area contributed by atoms with E-state index < -0.39 is 6.10 Å². The first-order valence-corrected chi connectivity index (χ1v) is 8.02. The molecule has 5 heteroatoms. The van der Waals surface area contributed by atoms with Crippen LogP contribution < -0.4 is 10.1 Å². The minimum Gasteiger partial charge on any atom is -0.481 e. The highest BCUT2D eigenvalue weighted by Crippen LogP contribution is 2.15. The Hall–Kier alpha value is -2.95. The third kappa shape index (κ3) is 5.28. The molecule has 5 nitrogen and oxygen atoms in total. The predicted octanol–water partition coefficient (Wildman–Crippen LogP) is 3.18. The van der Waals surface area contributed by atoms with Crippen LogP contribution in [0.4, 0.5) is 0 Å². The maximum absolute atomic E-state index is 12.2. The Morgan fingerprint density at radius 3 is 2.20 bits per heavy atom. The summed E-state index contributed by atoms with van der Waals surface area (Å²) in [4.78, 5) is 35.0. The van der Waals surface area contributed by atoms with E-state index in [0.717, 1.165) is 5.56 Å². The number of hydrogen-bond acceptors (Lipinski definition) is 4. The van der Waals surface area contributed by atoms with Crippen LogP contribution in [0.1, 0.15) is 47.1 Å². The first-order chi connectivity index (χ1) is 11.9. The smallest absolute Gasteiger partial charge is 0.261 e. The molecule has 0 fully saturated rings. The summed E-state index contributed by atoms with van der Waals surface area (Å²) >= 11 is 0. The van der Waals surface area contributed by atoms with Gasteiger partial charge < -0.3 is 10.1 Å². The van der Waals surface area contributed by atoms with Crippen molar-refractivity contribution in [3.05, 3.63) is 65.2 Å². The molecule has 1 amide bonds. The van der Waals surface area contributed by atoms with Crippen LogP contribution >= 0.6 is 0 Å². The number of hydrogen-bond donors (Lipinski definition) is 1. The van der Waals surface area contributed by atoms with Gasteiger partial charge in [0.1, 0.15) is 5.75 Å². The van der Waals surface area contributed by atoms with Gasteiger partial charge in [0.25, 0.3) is 5.91 Å². The van der Waals surface area contributed by atoms with E-state index in [-0.39, 0.29) is 17.5 Å². The number of nitrogens with one attached hydrogen (secondary N) is 1. The van der Waals surface area contributed by atoms with E-state index in [0.29, 0.717) is 23.4 Å². The molecular formula is C20H21NO4. The van der Waals surface area contributed by atoms with Crippen molar-refractivity contribution in [3.8, 4) is 5.75 Å². The van der Waals surface area contributed by atoms with Crippen molar-refractivity contribution in [2.75, 3.05) is 0 Å². The Balaban J connectivity index is 1.94. The number of ether oxygens (including phenoxy) is 1. The molecule has 0 spiro atoms. The molecule has 0 aromatic heterocycles. The molecule has 0 aliphatic rings. The van der Waals surface area contributed by atoms with Gasteiger partial charge in [0.15, 0.2) is 17.7 Å². The minimum atomic E-state index is -0.710. The Kier molecular flexibility index (Phi) is 6.06. The van der Waals surface area contributed by atoms with Gasteiger partial charge in [0, 0.05) is 17.7 Å². The van der Waals surface area contributed by atoms with Crippen LogP contribution in [0, 0.1) is 0 Å². The fourth-order valence-electron chi connectivity index (χ4n) is 2.28. The van der Waals surface area contributed by atoms with Gasteiger partial charge in [0.2, 0.25) is 0 Å². The molecule has 2 rings (SSSR count). The minimum absolute atomic E-state index is 0.0183. The second kappa shape index (κ2) is 8.24. The van der Waals surface area contributed by atoms with Crippen molar-refractivity contribution in [1.82, 2.24) is 5.32 Å². The number of carbonyl (C=O) groups is 3. The first kappa shape index (κ1) is 18.4. The number of Topliss-reactive ketones (excluding diaryl/α,β-unsaturated/α-hetero) is 2. The van der Waals surface area contributed by atoms with Gasteiger partial charge in [-0.1, -0.05) is 30.3 Å². The Labute approximate surface area is 147 Å². The summed E-state index contributed by atoms with van der Waals surface area (Å²) in [6.07, 6.45) is -0.710. The third-order valence-electron chi connectivity index (χ3n) is 3.72. The SMILES string of the molecule is CC(=O)c1cccc(CNC(=O)[C@H](C)Oc2cccc(C(C)=O)c2)c1. The molecule has 0 saturated heterocycles. The van der Waals surface area contributed by atoms with Crippen LogP contribution in [0.15, 0.2) is 48.5 Å². The quantitative estimate of drug-likeness (QED) is 0.787. The van der Waals surface area contributed by atoms with Gasteiger partial charge >= 0.3 is 0 Å². The molecule has 130 valence electrons. The molecule has 2 aromatic rings. The van der Waals surface area contributed by atoms with Crippen molar-refractivity contribution >= 4 is 17.5 Å². The van der Waals surface area contributed by atoms with Crippen LogP contribution in [0.3, 0.4) is 0 Å². The van der Waals surface area contributed by atoms with Gasteiger partial charge in [-0.2, -0.15) is 0 Å². The fourth-order valence-corrected chi connectivity index (χ4v) is 2.28. The molecule has 0 bridgehead atoms. The number of ketones is 2. The lowest BCUT2D eigenvalue weighted by Gasteiger charge is -2.15. The van der Waals surface area contributed by atoms with Crippen LogP contribution in [-0.4, -0.2) is 23.6 Å². The van der Waals surface area contributed by atoms with E-state index in [1.165, 1.54) is 13.8 Å². The van der Waals surface area contributed by atoms with Crippen LogP contribution in [0.5, 0.6) is 5.75 Å². The van der Waals surface area contributed by atoms with Gasteiger partial charge in [-0.15, -0.1) is 0 Å². The lowest BCUT2D eigenvalue weighted by atomic mass is 10.1. The van der Waals surface area contributed by atoms with Crippen molar-refractivity contribution < 1.29 is 19.1 Å². The highest BCUT2D eigenvalue weighted by molar-refractivity contribution is 5.94. The number of carbonyl (C=O) groups excluding carboxylic acids is 3. The summed E-state index contributed by atoms with van der Waals surface area (Å²) in [6.45, 7) is 4.93. The van der Waals surface area contributed by atoms with E-state index >= 15 is 0 Å². The average Bonchev–Trinajstić information content (AvgIpc) is 2.60. The summed E-state index contributed by atoms with van der Waals surface area (Å²) in [5.74, 6) is 0.110. The summed E-state index contributed by atoms with van der Waals surface area (Å²) in [7, 11) is 0. The zero-order valence-electron chi connectivity index (χ0n) is 14.5. The number of benzene rings is 2. The van der Waals surface area contributed by atoms with Crippen molar-refractivity contribution in [1.29, 1.82) is 0 Å². The molecule has 0 heterocycles. The standard InChI is InChI=1S/C20H21NO4/c1-13(22)17-7-4-6-16(10-17)12-21-20(24)15(3)25-19-9-5-8-18(11-19)14(2)23/h4-11,15H,12H2,1-3H3,(H,21,24)/t15-/m0/s1. The molecule has 0 aliphatic carbocycles. The van der Waals surface area contributed by atoms with Gasteiger partial charge in [-0.3, -0.25) is 14.4 Å². The van der Waals surface area contributed by atoms with E-state index in [2.05, 4.69) is 5.32 Å². The average molecular weight is 339 g/mol. The van der Waals surface area contributed by atoms with Gasteiger partial charge in [0.05, 0.1) is 0 Å². The highest BCUT2D eigenvalue weighted by atomic mass is 16.5. The second-order valence-electron chi connectivity index (χ2n) is 5.82. The zero-order valence-corrected chi connectivity index (χ0v) is 14.5. The molecule has 1 atom stereocenters. The molecule has 0 radical (unpaired) electrons. The Morgan fingerprint density at radius 1 is 0.960 bits per heavy atom. The molecular weight excluding hydrogens is 318 g/mol. The number of rotatable bonds is 7. The van der Waals surface area contributed by atoms with Gasteiger partial charge in [-0.25, -0.2) is 0 Å². The third-order valence-corrected chi connectivity index (χ3v) is 3.72. The van der Waals surface area contributed by atoms with Gasteiger partial charge in [-0.05, 0) is 44.5 Å².